The van der Waals surface area contributed by atoms with Gasteiger partial charge < -0.3 is 19.9 Å². The predicted molar refractivity (Wildman–Crippen MR) is 73.0 cm³/mol. The first-order valence-corrected chi connectivity index (χ1v) is 7.37. The summed E-state index contributed by atoms with van der Waals surface area (Å²) in [7, 11) is 0. The molecule has 0 aromatic rings. The Hall–Kier alpha value is -1.42. The Morgan fingerprint density at radius 2 is 2.43 bits per heavy atom. The van der Waals surface area contributed by atoms with Gasteiger partial charge in [0.05, 0.1) is 24.3 Å². The summed E-state index contributed by atoms with van der Waals surface area (Å²) in [6.45, 7) is 1.40. The van der Waals surface area contributed by atoms with E-state index < -0.39 is 11.6 Å². The molecule has 2 heterocycles. The van der Waals surface area contributed by atoms with Gasteiger partial charge in [-0.2, -0.15) is 5.26 Å². The smallest absolute Gasteiger partial charge is 0.303 e. The normalized spacial score (nSPS) is 42.0. The zero-order valence-corrected chi connectivity index (χ0v) is 12.0. The van der Waals surface area contributed by atoms with Crippen LogP contribution in [0, 0.1) is 11.3 Å². The second-order valence-electron chi connectivity index (χ2n) is 6.04. The topological polar surface area (TPSA) is 94.6 Å². The Bertz CT molecular complexity index is 500. The number of nitrogens with two attached hydrogens (primary N) is 1. The first-order chi connectivity index (χ1) is 10.0. The van der Waals surface area contributed by atoms with Gasteiger partial charge in [0.15, 0.2) is 0 Å². The zero-order chi connectivity index (χ0) is 15.0. The van der Waals surface area contributed by atoms with Crippen molar-refractivity contribution in [2.45, 2.75) is 68.7 Å². The van der Waals surface area contributed by atoms with Crippen LogP contribution in [0.15, 0.2) is 12.2 Å². The minimum atomic E-state index is -0.498. The summed E-state index contributed by atoms with van der Waals surface area (Å²) in [5.41, 5.74) is 5.25. The number of rotatable bonds is 3. The molecule has 1 aliphatic carbocycles. The molecule has 0 radical (unpaired) electrons. The minimum absolute atomic E-state index is 0.00568. The second-order valence-corrected chi connectivity index (χ2v) is 6.04. The van der Waals surface area contributed by atoms with Crippen LogP contribution in [0.25, 0.3) is 0 Å². The molecule has 2 saturated heterocycles. The van der Waals surface area contributed by atoms with Crippen molar-refractivity contribution in [1.82, 2.24) is 0 Å². The lowest BCUT2D eigenvalue weighted by atomic mass is 9.82. The Morgan fingerprint density at radius 1 is 1.62 bits per heavy atom. The summed E-state index contributed by atoms with van der Waals surface area (Å²) in [6, 6.07) is 1.55. The van der Waals surface area contributed by atoms with Crippen molar-refractivity contribution >= 4 is 5.97 Å². The summed E-state index contributed by atoms with van der Waals surface area (Å²) < 4.78 is 17.5. The van der Waals surface area contributed by atoms with Crippen molar-refractivity contribution in [1.29, 1.82) is 5.26 Å². The summed E-state index contributed by atoms with van der Waals surface area (Å²) in [4.78, 5) is 11.1. The van der Waals surface area contributed by atoms with E-state index in [4.69, 9.17) is 25.2 Å². The van der Waals surface area contributed by atoms with Crippen molar-refractivity contribution in [3.63, 3.8) is 0 Å². The Labute approximate surface area is 123 Å². The van der Waals surface area contributed by atoms with Gasteiger partial charge in [-0.1, -0.05) is 6.08 Å². The van der Waals surface area contributed by atoms with E-state index in [9.17, 15) is 4.79 Å². The zero-order valence-electron chi connectivity index (χ0n) is 12.0. The fraction of sp³-hybridized carbons (Fsp3) is 0.733. The first kappa shape index (κ1) is 14.5. The van der Waals surface area contributed by atoms with E-state index in [1.54, 1.807) is 0 Å². The number of esters is 1. The maximum atomic E-state index is 11.1. The summed E-state index contributed by atoms with van der Waals surface area (Å²) in [6.07, 6.45) is 6.26. The van der Waals surface area contributed by atoms with E-state index in [2.05, 4.69) is 0 Å². The standard InChI is InChI=1S/C15H20N2O4/c1-9(18)19-12-4-5-15-7-13(12)20-14(15)3-2-11(21-15)6-10(17)8-16/h4-5,10-14H,2-3,6-7,17H2,1H3/t10-,11-,12-,13-,14+,15?/m1/s1. The van der Waals surface area contributed by atoms with E-state index in [0.29, 0.717) is 12.8 Å². The van der Waals surface area contributed by atoms with E-state index in [-0.39, 0.29) is 30.4 Å². The van der Waals surface area contributed by atoms with Crippen molar-refractivity contribution in [3.8, 4) is 6.07 Å². The predicted octanol–water partition coefficient (Wildman–Crippen LogP) is 0.804. The maximum Gasteiger partial charge on any atom is 0.303 e. The number of carbonyl (C=O) groups is 1. The van der Waals surface area contributed by atoms with E-state index in [1.165, 1.54) is 6.92 Å². The summed E-state index contributed by atoms with van der Waals surface area (Å²) in [5.74, 6) is -0.308. The monoisotopic (exact) mass is 292 g/mol. The van der Waals surface area contributed by atoms with Crippen molar-refractivity contribution < 1.29 is 19.0 Å². The molecule has 6 heteroatoms. The molecule has 2 N–H and O–H groups in total. The minimum Gasteiger partial charge on any atom is -0.456 e. The third-order valence-corrected chi connectivity index (χ3v) is 4.46. The Morgan fingerprint density at radius 3 is 3.14 bits per heavy atom. The highest BCUT2D eigenvalue weighted by Crippen LogP contribution is 2.47. The lowest BCUT2D eigenvalue weighted by Gasteiger charge is -2.41. The van der Waals surface area contributed by atoms with Gasteiger partial charge in [0.2, 0.25) is 0 Å². The van der Waals surface area contributed by atoms with E-state index in [0.717, 1.165) is 12.8 Å². The maximum absolute atomic E-state index is 11.1. The Kier molecular flexibility index (Phi) is 3.74. The fourth-order valence-corrected chi connectivity index (χ4v) is 3.56. The highest BCUT2D eigenvalue weighted by molar-refractivity contribution is 5.66. The van der Waals surface area contributed by atoms with Crippen LogP contribution in [0.1, 0.15) is 32.6 Å². The number of carbonyl (C=O) groups excluding carboxylic acids is 1. The molecule has 0 amide bonds. The van der Waals surface area contributed by atoms with Crippen LogP contribution in [0.3, 0.4) is 0 Å². The number of fused-ring (bicyclic) bond motifs is 1. The number of hydrogen-bond donors (Lipinski definition) is 1. The van der Waals surface area contributed by atoms with Crippen LogP contribution >= 0.6 is 0 Å². The molecule has 2 bridgehead atoms. The van der Waals surface area contributed by atoms with E-state index in [1.807, 2.05) is 18.2 Å². The molecule has 2 aliphatic heterocycles. The van der Waals surface area contributed by atoms with Crippen LogP contribution in [-0.4, -0.2) is 42.0 Å². The molecule has 21 heavy (non-hydrogen) atoms. The molecular formula is C15H20N2O4. The lowest BCUT2D eigenvalue weighted by molar-refractivity contribution is -0.152. The molecule has 6 atom stereocenters. The van der Waals surface area contributed by atoms with Crippen LogP contribution in [-0.2, 0) is 19.0 Å². The molecule has 1 unspecified atom stereocenters. The summed E-state index contributed by atoms with van der Waals surface area (Å²) >= 11 is 0. The van der Waals surface area contributed by atoms with Crippen LogP contribution in [0.5, 0.6) is 0 Å². The average molecular weight is 292 g/mol. The largest absolute Gasteiger partial charge is 0.456 e. The summed E-state index contributed by atoms with van der Waals surface area (Å²) in [5, 5.41) is 8.83. The van der Waals surface area contributed by atoms with Gasteiger partial charge in [-0.05, 0) is 18.9 Å². The van der Waals surface area contributed by atoms with Crippen LogP contribution in [0.2, 0.25) is 0 Å². The fourth-order valence-electron chi connectivity index (χ4n) is 3.56. The molecule has 2 fully saturated rings. The average Bonchev–Trinajstić information content (AvgIpc) is 2.75. The molecule has 0 aromatic carbocycles. The third kappa shape index (κ3) is 2.69. The van der Waals surface area contributed by atoms with Gasteiger partial charge in [0.25, 0.3) is 0 Å². The van der Waals surface area contributed by atoms with Gasteiger partial charge in [-0.25, -0.2) is 0 Å². The molecule has 3 aliphatic rings. The van der Waals surface area contributed by atoms with Crippen LogP contribution in [0.4, 0.5) is 0 Å². The molecule has 3 rings (SSSR count). The first-order valence-electron chi connectivity index (χ1n) is 7.37. The molecule has 0 saturated carbocycles. The van der Waals surface area contributed by atoms with E-state index >= 15 is 0 Å². The van der Waals surface area contributed by atoms with Crippen LogP contribution < -0.4 is 5.73 Å². The highest BCUT2D eigenvalue weighted by atomic mass is 16.6. The molecular weight excluding hydrogens is 272 g/mol. The third-order valence-electron chi connectivity index (χ3n) is 4.46. The van der Waals surface area contributed by atoms with Crippen molar-refractivity contribution in [2.24, 2.45) is 5.73 Å². The number of nitriles is 1. The lowest BCUT2D eigenvalue weighted by Crippen LogP contribution is -2.49. The molecule has 0 aromatic heterocycles. The second kappa shape index (κ2) is 5.41. The van der Waals surface area contributed by atoms with Gasteiger partial charge in [-0.3, -0.25) is 4.79 Å². The van der Waals surface area contributed by atoms with Gasteiger partial charge in [0, 0.05) is 19.8 Å². The highest BCUT2D eigenvalue weighted by Gasteiger charge is 2.55. The van der Waals surface area contributed by atoms with Gasteiger partial charge in [-0.15, -0.1) is 0 Å². The Balaban J connectivity index is 1.71. The number of nitrogens with zero attached hydrogens (tertiary/aromatic N) is 1. The quantitative estimate of drug-likeness (QED) is 0.611. The molecule has 1 spiro atoms. The SMILES string of the molecule is CC(=O)O[C@@H]1C=CC23C[C@H]1O[C@H]2CC[C@H](C[C@@H](N)C#N)O3. The van der Waals surface area contributed by atoms with Crippen molar-refractivity contribution in [3.05, 3.63) is 12.2 Å². The van der Waals surface area contributed by atoms with Crippen molar-refractivity contribution in [2.75, 3.05) is 0 Å². The number of ether oxygens (including phenoxy) is 3. The van der Waals surface area contributed by atoms with Gasteiger partial charge >= 0.3 is 5.97 Å². The molecule has 114 valence electrons. The number of hydrogen-bond acceptors (Lipinski definition) is 6. The molecule has 6 nitrogen and oxygen atoms in total. The van der Waals surface area contributed by atoms with Gasteiger partial charge in [0.1, 0.15) is 17.8 Å².